The average molecular weight is 626 g/mol. The van der Waals surface area contributed by atoms with Gasteiger partial charge in [0.15, 0.2) is 0 Å². The van der Waals surface area contributed by atoms with Crippen molar-refractivity contribution in [3.8, 4) is 0 Å². The number of sulfonamides is 1. The van der Waals surface area contributed by atoms with E-state index in [1.165, 1.54) is 4.31 Å². The zero-order valence-corrected chi connectivity index (χ0v) is 26.3. The summed E-state index contributed by atoms with van der Waals surface area (Å²) < 4.78 is 46.1. The standard InChI is InChI=1S/C36H35NO7S/c1-23-4-10-26(11-5-23)35(38)42-22-34-33(44-36(39)27-12-6-24(2)7-13-27)19-32(43-34)28-14-15-29-20-37(21-30(29)18-28)45(40,41)31-16-8-25(3)9-17-31/h4-18,32-34H,19-22H2,1-3H3/t32-,33+,34-/m1/s1. The molecule has 0 unspecified atom stereocenters. The molecule has 0 saturated carbocycles. The van der Waals surface area contributed by atoms with Crippen LogP contribution in [0, 0.1) is 20.8 Å². The van der Waals surface area contributed by atoms with E-state index < -0.39 is 40.3 Å². The van der Waals surface area contributed by atoms with Gasteiger partial charge in [0, 0.05) is 19.5 Å². The number of nitrogens with zero attached hydrogens (tertiary/aromatic N) is 1. The van der Waals surface area contributed by atoms with Crippen LogP contribution in [0.2, 0.25) is 0 Å². The van der Waals surface area contributed by atoms with E-state index in [4.69, 9.17) is 14.2 Å². The van der Waals surface area contributed by atoms with Gasteiger partial charge in [0.05, 0.1) is 22.1 Å². The van der Waals surface area contributed by atoms with Crippen molar-refractivity contribution in [3.05, 3.63) is 136 Å². The Bertz CT molecular complexity index is 1820. The van der Waals surface area contributed by atoms with E-state index in [9.17, 15) is 18.0 Å². The lowest BCUT2D eigenvalue weighted by Crippen LogP contribution is -2.32. The second kappa shape index (κ2) is 12.6. The number of fused-ring (bicyclic) bond motifs is 1. The Hall–Kier alpha value is -4.31. The highest BCUT2D eigenvalue weighted by Gasteiger charge is 2.40. The molecular formula is C36H35NO7S. The molecule has 0 aromatic heterocycles. The van der Waals surface area contributed by atoms with Gasteiger partial charge in [-0.1, -0.05) is 71.3 Å². The van der Waals surface area contributed by atoms with Crippen LogP contribution < -0.4 is 0 Å². The Labute approximate surface area is 263 Å². The summed E-state index contributed by atoms with van der Waals surface area (Å²) in [5, 5.41) is 0. The van der Waals surface area contributed by atoms with Gasteiger partial charge in [-0.05, 0) is 73.9 Å². The minimum Gasteiger partial charge on any atom is -0.459 e. The molecule has 45 heavy (non-hydrogen) atoms. The average Bonchev–Trinajstić information content (AvgIpc) is 3.65. The van der Waals surface area contributed by atoms with Gasteiger partial charge in [0.2, 0.25) is 10.0 Å². The summed E-state index contributed by atoms with van der Waals surface area (Å²) in [4.78, 5) is 26.1. The van der Waals surface area contributed by atoms with Gasteiger partial charge in [0.1, 0.15) is 18.8 Å². The molecule has 0 spiro atoms. The highest BCUT2D eigenvalue weighted by Crippen LogP contribution is 2.38. The molecule has 4 aromatic rings. The molecule has 0 aliphatic carbocycles. The summed E-state index contributed by atoms with van der Waals surface area (Å²) in [6.45, 7) is 6.23. The van der Waals surface area contributed by atoms with E-state index >= 15 is 0 Å². The number of hydrogen-bond acceptors (Lipinski definition) is 7. The molecule has 232 valence electrons. The van der Waals surface area contributed by atoms with Crippen LogP contribution in [0.5, 0.6) is 0 Å². The van der Waals surface area contributed by atoms with Crippen molar-refractivity contribution in [2.24, 2.45) is 0 Å². The number of benzene rings is 4. The largest absolute Gasteiger partial charge is 0.459 e. The number of esters is 2. The highest BCUT2D eigenvalue weighted by atomic mass is 32.2. The molecule has 1 saturated heterocycles. The third-order valence-corrected chi connectivity index (χ3v) is 10.2. The Balaban J connectivity index is 1.18. The molecule has 2 aliphatic heterocycles. The number of carbonyl (C=O) groups is 2. The molecule has 9 heteroatoms. The number of aryl methyl sites for hydroxylation is 3. The summed E-state index contributed by atoms with van der Waals surface area (Å²) in [7, 11) is -3.66. The first-order valence-electron chi connectivity index (χ1n) is 14.9. The zero-order valence-electron chi connectivity index (χ0n) is 25.4. The maximum Gasteiger partial charge on any atom is 0.338 e. The van der Waals surface area contributed by atoms with Crippen molar-refractivity contribution in [2.45, 2.75) is 63.5 Å². The molecule has 4 aromatic carbocycles. The van der Waals surface area contributed by atoms with E-state index in [0.29, 0.717) is 17.5 Å². The van der Waals surface area contributed by atoms with Gasteiger partial charge in [-0.25, -0.2) is 18.0 Å². The molecular weight excluding hydrogens is 590 g/mol. The van der Waals surface area contributed by atoms with Crippen LogP contribution in [0.25, 0.3) is 0 Å². The second-order valence-electron chi connectivity index (χ2n) is 11.8. The molecule has 2 heterocycles. The van der Waals surface area contributed by atoms with Crippen molar-refractivity contribution in [3.63, 3.8) is 0 Å². The Morgan fingerprint density at radius 1 is 0.756 bits per heavy atom. The topological polar surface area (TPSA) is 99.2 Å². The van der Waals surface area contributed by atoms with E-state index in [1.807, 2.05) is 63.2 Å². The number of rotatable bonds is 8. The van der Waals surface area contributed by atoms with Gasteiger partial charge < -0.3 is 14.2 Å². The summed E-state index contributed by atoms with van der Waals surface area (Å²) in [5.41, 5.74) is 6.56. The summed E-state index contributed by atoms with van der Waals surface area (Å²) >= 11 is 0. The molecule has 0 bridgehead atoms. The first kappa shape index (κ1) is 30.7. The zero-order chi connectivity index (χ0) is 31.7. The second-order valence-corrected chi connectivity index (χ2v) is 13.7. The highest BCUT2D eigenvalue weighted by molar-refractivity contribution is 7.89. The first-order valence-corrected chi connectivity index (χ1v) is 16.4. The van der Waals surface area contributed by atoms with Crippen molar-refractivity contribution >= 4 is 22.0 Å². The molecule has 3 atom stereocenters. The van der Waals surface area contributed by atoms with Crippen LogP contribution in [-0.2, 0) is 37.3 Å². The number of hydrogen-bond donors (Lipinski definition) is 0. The molecule has 0 N–H and O–H groups in total. The van der Waals surface area contributed by atoms with Crippen molar-refractivity contribution in [1.82, 2.24) is 4.31 Å². The molecule has 6 rings (SSSR count). The molecule has 0 amide bonds. The van der Waals surface area contributed by atoms with Crippen LogP contribution in [0.15, 0.2) is 95.9 Å². The Morgan fingerprint density at radius 3 is 1.93 bits per heavy atom. The third-order valence-electron chi connectivity index (χ3n) is 8.37. The molecule has 1 fully saturated rings. The summed E-state index contributed by atoms with van der Waals surface area (Å²) in [6, 6.07) is 26.9. The van der Waals surface area contributed by atoms with Crippen LogP contribution in [-0.4, -0.2) is 43.5 Å². The van der Waals surface area contributed by atoms with Gasteiger partial charge in [-0.2, -0.15) is 4.31 Å². The molecule has 0 radical (unpaired) electrons. The lowest BCUT2D eigenvalue weighted by Gasteiger charge is -2.19. The molecule has 8 nitrogen and oxygen atoms in total. The minimum atomic E-state index is -3.66. The van der Waals surface area contributed by atoms with E-state index in [2.05, 4.69) is 0 Å². The summed E-state index contributed by atoms with van der Waals surface area (Å²) in [5.74, 6) is -0.969. The fourth-order valence-electron chi connectivity index (χ4n) is 5.64. The van der Waals surface area contributed by atoms with E-state index in [1.54, 1.807) is 48.5 Å². The van der Waals surface area contributed by atoms with Gasteiger partial charge >= 0.3 is 11.9 Å². The first-order chi connectivity index (χ1) is 21.6. The number of carbonyl (C=O) groups excluding carboxylic acids is 2. The minimum absolute atomic E-state index is 0.0947. The van der Waals surface area contributed by atoms with Gasteiger partial charge in [-0.3, -0.25) is 0 Å². The Morgan fingerprint density at radius 2 is 1.31 bits per heavy atom. The maximum absolute atomic E-state index is 13.3. The predicted octanol–water partition coefficient (Wildman–Crippen LogP) is 6.23. The molecule has 2 aliphatic rings. The summed E-state index contributed by atoms with van der Waals surface area (Å²) in [6.07, 6.45) is -1.45. The maximum atomic E-state index is 13.3. The smallest absolute Gasteiger partial charge is 0.338 e. The van der Waals surface area contributed by atoms with Crippen LogP contribution in [0.3, 0.4) is 0 Å². The third kappa shape index (κ3) is 6.71. The number of ether oxygens (including phenoxy) is 3. The van der Waals surface area contributed by atoms with E-state index in [0.717, 1.165) is 33.4 Å². The lowest BCUT2D eigenvalue weighted by molar-refractivity contribution is -0.0427. The quantitative estimate of drug-likeness (QED) is 0.214. The fourth-order valence-corrected chi connectivity index (χ4v) is 7.04. The fraction of sp³-hybridized carbons (Fsp3) is 0.278. The van der Waals surface area contributed by atoms with Gasteiger partial charge in [-0.15, -0.1) is 0 Å². The van der Waals surface area contributed by atoms with Crippen molar-refractivity contribution in [1.29, 1.82) is 0 Å². The van der Waals surface area contributed by atoms with Crippen molar-refractivity contribution < 1.29 is 32.2 Å². The monoisotopic (exact) mass is 625 g/mol. The van der Waals surface area contributed by atoms with Gasteiger partial charge in [0.25, 0.3) is 0 Å². The normalized spacial score (nSPS) is 19.7. The van der Waals surface area contributed by atoms with Crippen molar-refractivity contribution in [2.75, 3.05) is 6.61 Å². The van der Waals surface area contributed by atoms with E-state index in [-0.39, 0.29) is 24.6 Å². The lowest BCUT2D eigenvalue weighted by atomic mass is 10.00. The van der Waals surface area contributed by atoms with Crippen LogP contribution in [0.1, 0.15) is 66.6 Å². The van der Waals surface area contributed by atoms with Crippen LogP contribution >= 0.6 is 0 Å². The predicted molar refractivity (Wildman–Crippen MR) is 168 cm³/mol. The SMILES string of the molecule is Cc1ccc(C(=O)OC[C@H]2O[C@@H](c3ccc4c(c3)CN(S(=O)(=O)c3ccc(C)cc3)C4)C[C@@H]2OC(=O)c2ccc(C)cc2)cc1. The van der Waals surface area contributed by atoms with Crippen LogP contribution in [0.4, 0.5) is 0 Å². The Kier molecular flexibility index (Phi) is 8.59.